The van der Waals surface area contributed by atoms with Crippen molar-refractivity contribution in [2.45, 2.75) is 39.2 Å². The first kappa shape index (κ1) is 19.2. The lowest BCUT2D eigenvalue weighted by Gasteiger charge is -2.43. The van der Waals surface area contributed by atoms with Gasteiger partial charge in [0.2, 0.25) is 11.8 Å². The van der Waals surface area contributed by atoms with Gasteiger partial charge in [-0.05, 0) is 35.8 Å². The van der Waals surface area contributed by atoms with Gasteiger partial charge < -0.3 is 10.2 Å². The molecule has 1 aromatic rings. The van der Waals surface area contributed by atoms with Crippen LogP contribution in [0.4, 0.5) is 0 Å². The number of nitrogens with zero attached hydrogens (tertiary/aromatic N) is 1. The van der Waals surface area contributed by atoms with Gasteiger partial charge in [-0.1, -0.05) is 50.3 Å². The number of hydroxylamine groups is 1. The molecule has 1 saturated heterocycles. The molecule has 1 aromatic carbocycles. The summed E-state index contributed by atoms with van der Waals surface area (Å²) >= 11 is 0. The number of amides is 2. The number of carbonyl (C=O) groups excluding carboxylic acids is 2. The second-order valence-electron chi connectivity index (χ2n) is 9.23. The molecule has 28 heavy (non-hydrogen) atoms. The molecule has 1 saturated carbocycles. The smallest absolute Gasteiger partial charge is 0.248 e. The van der Waals surface area contributed by atoms with Crippen LogP contribution in [-0.2, 0) is 9.59 Å². The quantitative estimate of drug-likeness (QED) is 0.552. The summed E-state index contributed by atoms with van der Waals surface area (Å²) in [6, 6.07) is 9.68. The summed E-state index contributed by atoms with van der Waals surface area (Å²) in [6.07, 6.45) is 4.94. The molecule has 150 valence electrons. The van der Waals surface area contributed by atoms with Gasteiger partial charge in [0.25, 0.3) is 0 Å². The van der Waals surface area contributed by atoms with Crippen molar-refractivity contribution in [1.82, 2.24) is 15.7 Å². The van der Waals surface area contributed by atoms with E-state index in [1.165, 1.54) is 11.1 Å². The SMILES string of the molecule is CC1(C)CN(C(=O)C2NCC3(CC3)CC2C(=O)NO)CC=C1c1ccccc1. The van der Waals surface area contributed by atoms with Gasteiger partial charge >= 0.3 is 0 Å². The predicted octanol–water partition coefficient (Wildman–Crippen LogP) is 2.20. The lowest BCUT2D eigenvalue weighted by molar-refractivity contribution is -0.145. The van der Waals surface area contributed by atoms with Gasteiger partial charge in [-0.2, -0.15) is 0 Å². The molecule has 6 nitrogen and oxygen atoms in total. The highest BCUT2D eigenvalue weighted by Crippen LogP contribution is 2.52. The van der Waals surface area contributed by atoms with Crippen LogP contribution in [0.1, 0.15) is 38.7 Å². The zero-order valence-corrected chi connectivity index (χ0v) is 16.6. The molecule has 3 aliphatic rings. The average molecular weight is 383 g/mol. The van der Waals surface area contributed by atoms with E-state index in [2.05, 4.69) is 37.4 Å². The predicted molar refractivity (Wildman–Crippen MR) is 106 cm³/mol. The van der Waals surface area contributed by atoms with Crippen LogP contribution in [0.2, 0.25) is 0 Å². The van der Waals surface area contributed by atoms with Crippen molar-refractivity contribution in [2.75, 3.05) is 19.6 Å². The third-order valence-corrected chi connectivity index (χ3v) is 6.65. The Labute approximate surface area is 165 Å². The minimum Gasteiger partial charge on any atom is -0.337 e. The number of hydrogen-bond donors (Lipinski definition) is 3. The highest BCUT2D eigenvalue weighted by molar-refractivity contribution is 5.91. The molecular weight excluding hydrogens is 354 g/mol. The fraction of sp³-hybridized carbons (Fsp3) is 0.545. The molecule has 2 heterocycles. The lowest BCUT2D eigenvalue weighted by Crippen LogP contribution is -2.60. The molecule has 4 rings (SSSR count). The highest BCUT2D eigenvalue weighted by Gasteiger charge is 2.53. The molecule has 2 fully saturated rings. The van der Waals surface area contributed by atoms with E-state index in [9.17, 15) is 9.59 Å². The average Bonchev–Trinajstić information content (AvgIpc) is 3.45. The first-order valence-corrected chi connectivity index (χ1v) is 10.1. The first-order chi connectivity index (χ1) is 13.4. The minimum atomic E-state index is -0.583. The van der Waals surface area contributed by atoms with Gasteiger partial charge in [0, 0.05) is 25.0 Å². The molecule has 1 spiro atoms. The van der Waals surface area contributed by atoms with Crippen LogP contribution in [0, 0.1) is 16.7 Å². The Morgan fingerprint density at radius 2 is 1.93 bits per heavy atom. The van der Waals surface area contributed by atoms with Crippen LogP contribution in [0.3, 0.4) is 0 Å². The zero-order chi connectivity index (χ0) is 19.9. The topological polar surface area (TPSA) is 81.7 Å². The van der Waals surface area contributed by atoms with Gasteiger partial charge in [-0.15, -0.1) is 0 Å². The Hall–Kier alpha value is -2.18. The summed E-state index contributed by atoms with van der Waals surface area (Å²) < 4.78 is 0. The number of piperidine rings is 1. The highest BCUT2D eigenvalue weighted by atomic mass is 16.5. The number of rotatable bonds is 3. The fourth-order valence-electron chi connectivity index (χ4n) is 4.86. The fourth-order valence-corrected chi connectivity index (χ4v) is 4.86. The normalized spacial score (nSPS) is 27.8. The largest absolute Gasteiger partial charge is 0.337 e. The molecule has 0 aromatic heterocycles. The second-order valence-corrected chi connectivity index (χ2v) is 9.23. The van der Waals surface area contributed by atoms with Crippen LogP contribution in [-0.4, -0.2) is 47.6 Å². The summed E-state index contributed by atoms with van der Waals surface area (Å²) in [5.41, 5.74) is 4.15. The van der Waals surface area contributed by atoms with Crippen LogP contribution in [0.25, 0.3) is 5.57 Å². The Morgan fingerprint density at radius 1 is 1.21 bits per heavy atom. The maximum absolute atomic E-state index is 13.3. The molecule has 1 aliphatic carbocycles. The van der Waals surface area contributed by atoms with Gasteiger partial charge in [0.05, 0.1) is 12.0 Å². The van der Waals surface area contributed by atoms with Crippen molar-refractivity contribution in [3.63, 3.8) is 0 Å². The van der Waals surface area contributed by atoms with Crippen LogP contribution in [0.5, 0.6) is 0 Å². The Balaban J connectivity index is 1.53. The van der Waals surface area contributed by atoms with Crippen LogP contribution >= 0.6 is 0 Å². The molecule has 3 N–H and O–H groups in total. The lowest BCUT2D eigenvalue weighted by atomic mass is 9.76. The molecule has 0 bridgehead atoms. The molecule has 2 aliphatic heterocycles. The van der Waals surface area contributed by atoms with E-state index in [-0.39, 0.29) is 16.7 Å². The van der Waals surface area contributed by atoms with Gasteiger partial charge in [0.15, 0.2) is 0 Å². The van der Waals surface area contributed by atoms with E-state index in [4.69, 9.17) is 5.21 Å². The van der Waals surface area contributed by atoms with E-state index in [1.807, 2.05) is 23.1 Å². The number of nitrogens with one attached hydrogen (secondary N) is 2. The summed E-state index contributed by atoms with van der Waals surface area (Å²) in [6.45, 7) is 6.20. The summed E-state index contributed by atoms with van der Waals surface area (Å²) in [7, 11) is 0. The molecule has 6 heteroatoms. The van der Waals surface area contributed by atoms with E-state index in [0.29, 0.717) is 19.5 Å². The summed E-state index contributed by atoms with van der Waals surface area (Å²) in [5.74, 6) is -1.05. The second kappa shape index (κ2) is 7.01. The van der Waals surface area contributed by atoms with Gasteiger partial charge in [-0.3, -0.25) is 14.8 Å². The Bertz CT molecular complexity index is 799. The molecule has 2 atom stereocenters. The Morgan fingerprint density at radius 3 is 2.54 bits per heavy atom. The first-order valence-electron chi connectivity index (χ1n) is 10.1. The molecule has 2 unspecified atom stereocenters. The summed E-state index contributed by atoms with van der Waals surface area (Å²) in [5, 5.41) is 12.5. The monoisotopic (exact) mass is 383 g/mol. The molecule has 2 amide bonds. The number of benzene rings is 1. The van der Waals surface area contributed by atoms with E-state index < -0.39 is 17.9 Å². The number of hydrogen-bond acceptors (Lipinski definition) is 4. The molecular formula is C22H29N3O3. The maximum atomic E-state index is 13.3. The van der Waals surface area contributed by atoms with E-state index >= 15 is 0 Å². The van der Waals surface area contributed by atoms with E-state index in [0.717, 1.165) is 19.4 Å². The van der Waals surface area contributed by atoms with Gasteiger partial charge in [0.1, 0.15) is 0 Å². The van der Waals surface area contributed by atoms with Crippen molar-refractivity contribution < 1.29 is 14.8 Å². The van der Waals surface area contributed by atoms with Crippen LogP contribution < -0.4 is 10.8 Å². The zero-order valence-electron chi connectivity index (χ0n) is 16.6. The number of carbonyl (C=O) groups is 2. The van der Waals surface area contributed by atoms with Crippen molar-refractivity contribution >= 4 is 17.4 Å². The Kier molecular flexibility index (Phi) is 4.79. The maximum Gasteiger partial charge on any atom is 0.248 e. The van der Waals surface area contributed by atoms with E-state index in [1.54, 1.807) is 5.48 Å². The van der Waals surface area contributed by atoms with Crippen molar-refractivity contribution in [1.29, 1.82) is 0 Å². The van der Waals surface area contributed by atoms with Crippen molar-refractivity contribution in [3.05, 3.63) is 42.0 Å². The summed E-state index contributed by atoms with van der Waals surface area (Å²) in [4.78, 5) is 27.4. The van der Waals surface area contributed by atoms with Gasteiger partial charge in [-0.25, -0.2) is 5.48 Å². The minimum absolute atomic E-state index is 0.0551. The van der Waals surface area contributed by atoms with Crippen LogP contribution in [0.15, 0.2) is 36.4 Å². The van der Waals surface area contributed by atoms with Crippen molar-refractivity contribution in [3.8, 4) is 0 Å². The van der Waals surface area contributed by atoms with Crippen molar-refractivity contribution in [2.24, 2.45) is 16.7 Å². The molecule has 0 radical (unpaired) electrons. The standard InChI is InChI=1S/C22H29N3O3/c1-21(2)14-25(11-8-17(21)15-6-4-3-5-7-15)20(27)18-16(19(26)24-28)12-22(9-10-22)13-23-18/h3-8,16,18,23,28H,9-14H2,1-2H3,(H,24,26). The third kappa shape index (κ3) is 3.47. The third-order valence-electron chi connectivity index (χ3n) is 6.65.